The third kappa shape index (κ3) is 4.01. The maximum Gasteiger partial charge on any atom is 0.243 e. The van der Waals surface area contributed by atoms with Crippen LogP contribution in [-0.2, 0) is 9.59 Å². The van der Waals surface area contributed by atoms with E-state index in [4.69, 9.17) is 11.6 Å². The van der Waals surface area contributed by atoms with Gasteiger partial charge >= 0.3 is 0 Å². The fourth-order valence-corrected chi connectivity index (χ4v) is 5.05. The highest BCUT2D eigenvalue weighted by Gasteiger charge is 2.51. The van der Waals surface area contributed by atoms with Crippen LogP contribution in [0, 0.1) is 34.0 Å². The fourth-order valence-electron chi connectivity index (χ4n) is 3.94. The number of halogens is 1. The topological polar surface area (TPSA) is 106 Å². The van der Waals surface area contributed by atoms with Crippen molar-refractivity contribution in [1.29, 1.82) is 10.5 Å². The molecule has 8 heteroatoms. The van der Waals surface area contributed by atoms with Crippen molar-refractivity contribution < 1.29 is 9.59 Å². The van der Waals surface area contributed by atoms with E-state index >= 15 is 0 Å². The smallest absolute Gasteiger partial charge is 0.243 e. The van der Waals surface area contributed by atoms with Gasteiger partial charge in [0.1, 0.15) is 5.92 Å². The van der Waals surface area contributed by atoms with E-state index in [1.807, 2.05) is 0 Å². The average Bonchev–Trinajstić information content (AvgIpc) is 2.67. The van der Waals surface area contributed by atoms with Crippen molar-refractivity contribution in [2.75, 3.05) is 11.1 Å². The van der Waals surface area contributed by atoms with Crippen molar-refractivity contribution in [2.45, 2.75) is 32.1 Å². The molecule has 144 valence electrons. The van der Waals surface area contributed by atoms with E-state index in [9.17, 15) is 20.1 Å². The van der Waals surface area contributed by atoms with Crippen molar-refractivity contribution >= 4 is 40.9 Å². The zero-order chi connectivity index (χ0) is 20.1. The van der Waals surface area contributed by atoms with Crippen molar-refractivity contribution in [1.82, 2.24) is 5.32 Å². The predicted molar refractivity (Wildman–Crippen MR) is 108 cm³/mol. The molecule has 0 saturated heterocycles. The molecule has 1 atom stereocenters. The van der Waals surface area contributed by atoms with Crippen LogP contribution in [0.4, 0.5) is 5.69 Å². The highest BCUT2D eigenvalue weighted by Crippen LogP contribution is 2.51. The van der Waals surface area contributed by atoms with Crippen LogP contribution in [0.25, 0.3) is 0 Å². The van der Waals surface area contributed by atoms with Gasteiger partial charge < -0.3 is 10.6 Å². The van der Waals surface area contributed by atoms with Crippen LogP contribution in [0.15, 0.2) is 34.9 Å². The zero-order valence-electron chi connectivity index (χ0n) is 15.1. The van der Waals surface area contributed by atoms with E-state index in [0.29, 0.717) is 34.2 Å². The molecule has 1 heterocycles. The Hall–Kier alpha value is -2.48. The Kier molecular flexibility index (Phi) is 6.28. The molecule has 2 amide bonds. The second-order valence-corrected chi connectivity index (χ2v) is 8.35. The number of carbonyl (C=O) groups is 2. The Morgan fingerprint density at radius 2 is 2.07 bits per heavy atom. The summed E-state index contributed by atoms with van der Waals surface area (Å²) in [7, 11) is 0. The maximum absolute atomic E-state index is 12.5. The SMILES string of the molecule is N#CC1=C(SCC(=O)Nc2cccc(Cl)c2)NC(=O)C(C#N)C12CCCCC2. The summed E-state index contributed by atoms with van der Waals surface area (Å²) in [4.78, 5) is 24.8. The highest BCUT2D eigenvalue weighted by molar-refractivity contribution is 8.03. The molecule has 1 aliphatic heterocycles. The van der Waals surface area contributed by atoms with Gasteiger partial charge in [0, 0.05) is 16.1 Å². The van der Waals surface area contributed by atoms with Crippen LogP contribution < -0.4 is 10.6 Å². The molecular weight excluding hydrogens is 396 g/mol. The van der Waals surface area contributed by atoms with Crippen molar-refractivity contribution in [2.24, 2.45) is 11.3 Å². The minimum absolute atomic E-state index is 0.0284. The van der Waals surface area contributed by atoms with E-state index in [1.54, 1.807) is 24.3 Å². The van der Waals surface area contributed by atoms with Gasteiger partial charge in [0.2, 0.25) is 11.8 Å². The first-order valence-corrected chi connectivity index (χ1v) is 10.4. The minimum Gasteiger partial charge on any atom is -0.325 e. The molecule has 6 nitrogen and oxygen atoms in total. The van der Waals surface area contributed by atoms with Gasteiger partial charge in [-0.15, -0.1) is 0 Å². The zero-order valence-corrected chi connectivity index (χ0v) is 16.7. The summed E-state index contributed by atoms with van der Waals surface area (Å²) in [5.41, 5.74) is 0.267. The number of nitriles is 2. The molecule has 1 aromatic carbocycles. The number of anilines is 1. The Morgan fingerprint density at radius 1 is 1.32 bits per heavy atom. The first kappa shape index (κ1) is 20.3. The molecule has 1 aliphatic carbocycles. The average molecular weight is 415 g/mol. The standard InChI is InChI=1S/C20H19ClN4O2S/c21-13-5-4-6-14(9-13)24-17(26)12-28-19-16(11-23)20(7-2-1-3-8-20)15(10-22)18(27)25-19/h4-6,9,15H,1-3,7-8,12H2,(H,24,26)(H,25,27). The number of nitrogens with zero attached hydrogens (tertiary/aromatic N) is 2. The quantitative estimate of drug-likeness (QED) is 0.775. The summed E-state index contributed by atoms with van der Waals surface area (Å²) in [6.07, 6.45) is 4.07. The van der Waals surface area contributed by atoms with Gasteiger partial charge in [0.25, 0.3) is 0 Å². The van der Waals surface area contributed by atoms with Gasteiger partial charge in [-0.05, 0) is 31.0 Å². The highest BCUT2D eigenvalue weighted by atomic mass is 35.5. The van der Waals surface area contributed by atoms with E-state index < -0.39 is 11.3 Å². The van der Waals surface area contributed by atoms with E-state index in [1.165, 1.54) is 0 Å². The van der Waals surface area contributed by atoms with Gasteiger partial charge in [-0.1, -0.05) is 48.7 Å². The second kappa shape index (κ2) is 8.68. The maximum atomic E-state index is 12.5. The summed E-state index contributed by atoms with van der Waals surface area (Å²) in [5.74, 6) is -1.50. The van der Waals surface area contributed by atoms with Crippen molar-refractivity contribution in [3.05, 3.63) is 39.9 Å². The number of carbonyl (C=O) groups excluding carboxylic acids is 2. The summed E-state index contributed by atoms with van der Waals surface area (Å²) in [5, 5.41) is 25.7. The molecule has 1 saturated carbocycles. The van der Waals surface area contributed by atoms with Gasteiger partial charge in [-0.2, -0.15) is 10.5 Å². The van der Waals surface area contributed by atoms with Gasteiger partial charge in [0.05, 0.1) is 28.5 Å². The van der Waals surface area contributed by atoms with Crippen LogP contribution in [0.2, 0.25) is 5.02 Å². The molecule has 2 N–H and O–H groups in total. The first-order valence-electron chi connectivity index (χ1n) is 9.04. The van der Waals surface area contributed by atoms with Crippen LogP contribution in [0.5, 0.6) is 0 Å². The van der Waals surface area contributed by atoms with E-state index in [-0.39, 0.29) is 17.6 Å². The Bertz CT molecular complexity index is 910. The summed E-state index contributed by atoms with van der Waals surface area (Å²) in [6, 6.07) is 11.1. The lowest BCUT2D eigenvalue weighted by Gasteiger charge is -2.43. The number of rotatable bonds is 4. The van der Waals surface area contributed by atoms with Crippen LogP contribution in [0.3, 0.4) is 0 Å². The summed E-state index contributed by atoms with van der Waals surface area (Å²) >= 11 is 7.03. The summed E-state index contributed by atoms with van der Waals surface area (Å²) in [6.45, 7) is 0. The number of benzene rings is 1. The lowest BCUT2D eigenvalue weighted by Crippen LogP contribution is -2.48. The molecule has 1 spiro atoms. The van der Waals surface area contributed by atoms with Gasteiger partial charge in [-0.25, -0.2) is 0 Å². The first-order chi connectivity index (χ1) is 13.5. The molecule has 0 aromatic heterocycles. The van der Waals surface area contributed by atoms with Gasteiger partial charge in [0.15, 0.2) is 0 Å². The molecule has 0 radical (unpaired) electrons. The predicted octanol–water partition coefficient (Wildman–Crippen LogP) is 3.97. The lowest BCUT2D eigenvalue weighted by molar-refractivity contribution is -0.126. The normalized spacial score (nSPS) is 20.8. The van der Waals surface area contributed by atoms with Gasteiger partial charge in [-0.3, -0.25) is 9.59 Å². The molecular formula is C20H19ClN4O2S. The minimum atomic E-state index is -0.868. The van der Waals surface area contributed by atoms with Crippen molar-refractivity contribution in [3.63, 3.8) is 0 Å². The number of hydrogen-bond donors (Lipinski definition) is 2. The largest absolute Gasteiger partial charge is 0.325 e. The number of thioether (sulfide) groups is 1. The fraction of sp³-hybridized carbons (Fsp3) is 0.400. The molecule has 1 unspecified atom stereocenters. The van der Waals surface area contributed by atoms with Crippen LogP contribution in [0.1, 0.15) is 32.1 Å². The molecule has 1 fully saturated rings. The number of allylic oxidation sites excluding steroid dienone is 1. The number of amides is 2. The molecule has 1 aromatic rings. The Labute approximate surface area is 172 Å². The van der Waals surface area contributed by atoms with Crippen LogP contribution in [-0.4, -0.2) is 17.6 Å². The Morgan fingerprint density at radius 3 is 2.71 bits per heavy atom. The van der Waals surface area contributed by atoms with Crippen LogP contribution >= 0.6 is 23.4 Å². The molecule has 28 heavy (non-hydrogen) atoms. The molecule has 2 aliphatic rings. The second-order valence-electron chi connectivity index (χ2n) is 6.93. The number of hydrogen-bond acceptors (Lipinski definition) is 5. The van der Waals surface area contributed by atoms with E-state index in [0.717, 1.165) is 31.0 Å². The Balaban J connectivity index is 1.79. The lowest BCUT2D eigenvalue weighted by atomic mass is 9.61. The molecule has 3 rings (SSSR count). The molecule has 0 bridgehead atoms. The third-order valence-corrected chi connectivity index (χ3v) is 6.46. The van der Waals surface area contributed by atoms with E-state index in [2.05, 4.69) is 22.8 Å². The monoisotopic (exact) mass is 414 g/mol. The summed E-state index contributed by atoms with van der Waals surface area (Å²) < 4.78 is 0. The number of nitrogens with one attached hydrogen (secondary N) is 2. The van der Waals surface area contributed by atoms with Crippen molar-refractivity contribution in [3.8, 4) is 12.1 Å². The third-order valence-electron chi connectivity index (χ3n) is 5.22.